The first-order valence-electron chi connectivity index (χ1n) is 7.40. The summed E-state index contributed by atoms with van der Waals surface area (Å²) in [6, 6.07) is 7.13. The molecule has 2 rings (SSSR count). The largest absolute Gasteiger partial charge is 0.380 e. The number of nitrogens with zero attached hydrogens (tertiary/aromatic N) is 1. The number of nitrogens with two attached hydrogens (primary N) is 1. The second kappa shape index (κ2) is 7.35. The van der Waals surface area contributed by atoms with Crippen LogP contribution in [0.5, 0.6) is 0 Å². The summed E-state index contributed by atoms with van der Waals surface area (Å²) in [6.07, 6.45) is 3.55. The summed E-state index contributed by atoms with van der Waals surface area (Å²) in [5.41, 5.74) is 6.60. The molecule has 1 aromatic rings. The molecule has 0 aliphatic carbocycles. The van der Waals surface area contributed by atoms with Crippen LogP contribution in [-0.4, -0.2) is 45.6 Å². The Hall–Kier alpha value is -0.950. The van der Waals surface area contributed by atoms with Gasteiger partial charge in [-0.15, -0.1) is 0 Å². The molecule has 0 amide bonds. The fourth-order valence-corrected chi connectivity index (χ4v) is 4.11. The molecule has 1 atom stereocenters. The molecule has 0 bridgehead atoms. The molecule has 0 aromatic heterocycles. The van der Waals surface area contributed by atoms with Crippen molar-refractivity contribution in [1.29, 1.82) is 0 Å². The van der Waals surface area contributed by atoms with E-state index in [-0.39, 0.29) is 6.10 Å². The number of aryl methyl sites for hydroxylation is 1. The summed E-state index contributed by atoms with van der Waals surface area (Å²) < 4.78 is 32.1. The fraction of sp³-hybridized carbons (Fsp3) is 0.600. The lowest BCUT2D eigenvalue weighted by Gasteiger charge is -2.31. The normalized spacial score (nSPS) is 20.6. The van der Waals surface area contributed by atoms with Gasteiger partial charge in [-0.2, -0.15) is 4.31 Å². The lowest BCUT2D eigenvalue weighted by atomic mass is 10.1. The van der Waals surface area contributed by atoms with Gasteiger partial charge in [0.1, 0.15) is 0 Å². The maximum absolute atomic E-state index is 12.6. The summed E-state index contributed by atoms with van der Waals surface area (Å²) in [6.45, 7) is 1.65. The van der Waals surface area contributed by atoms with Crippen molar-refractivity contribution in [1.82, 2.24) is 4.31 Å². The molecular weight excluding hydrogens is 288 g/mol. The van der Waals surface area contributed by atoms with Gasteiger partial charge in [0.25, 0.3) is 0 Å². The van der Waals surface area contributed by atoms with E-state index < -0.39 is 10.0 Å². The maximum Gasteiger partial charge on any atom is 0.243 e. The first-order chi connectivity index (χ1) is 10.1. The first-order valence-corrected chi connectivity index (χ1v) is 8.84. The van der Waals surface area contributed by atoms with Crippen molar-refractivity contribution in [3.8, 4) is 0 Å². The third kappa shape index (κ3) is 4.03. The number of hydrogen-bond acceptors (Lipinski definition) is 4. The molecule has 21 heavy (non-hydrogen) atoms. The molecule has 1 aliphatic heterocycles. The lowest BCUT2D eigenvalue weighted by Crippen LogP contribution is -2.42. The van der Waals surface area contributed by atoms with Crippen LogP contribution >= 0.6 is 0 Å². The Kier molecular flexibility index (Phi) is 5.75. The second-order valence-corrected chi connectivity index (χ2v) is 7.34. The Bertz CT molecular complexity index is 543. The van der Waals surface area contributed by atoms with Crippen LogP contribution in [0.3, 0.4) is 0 Å². The number of benzene rings is 1. The van der Waals surface area contributed by atoms with Crippen LogP contribution in [0.2, 0.25) is 0 Å². The van der Waals surface area contributed by atoms with Gasteiger partial charge in [-0.05, 0) is 49.9 Å². The number of hydrogen-bond donors (Lipinski definition) is 1. The van der Waals surface area contributed by atoms with Gasteiger partial charge in [0.15, 0.2) is 0 Å². The molecule has 0 saturated carbocycles. The molecule has 1 aliphatic rings. The van der Waals surface area contributed by atoms with E-state index in [1.165, 1.54) is 4.31 Å². The van der Waals surface area contributed by atoms with Crippen molar-refractivity contribution in [2.45, 2.75) is 36.7 Å². The lowest BCUT2D eigenvalue weighted by molar-refractivity contribution is 0.0572. The highest BCUT2D eigenvalue weighted by Crippen LogP contribution is 2.22. The van der Waals surface area contributed by atoms with E-state index in [4.69, 9.17) is 10.5 Å². The molecule has 1 unspecified atom stereocenters. The molecule has 0 radical (unpaired) electrons. The molecule has 1 aromatic carbocycles. The third-order valence-electron chi connectivity index (χ3n) is 3.90. The highest BCUT2D eigenvalue weighted by Gasteiger charge is 2.30. The molecule has 118 valence electrons. The molecule has 1 heterocycles. The van der Waals surface area contributed by atoms with Gasteiger partial charge in [0.2, 0.25) is 10.0 Å². The Morgan fingerprint density at radius 1 is 1.33 bits per heavy atom. The van der Waals surface area contributed by atoms with Gasteiger partial charge in [0.05, 0.1) is 11.0 Å². The van der Waals surface area contributed by atoms with Gasteiger partial charge in [-0.25, -0.2) is 8.42 Å². The average molecular weight is 312 g/mol. The average Bonchev–Trinajstić information content (AvgIpc) is 2.53. The predicted octanol–water partition coefficient (Wildman–Crippen LogP) is 1.38. The summed E-state index contributed by atoms with van der Waals surface area (Å²) >= 11 is 0. The monoisotopic (exact) mass is 312 g/mol. The van der Waals surface area contributed by atoms with Gasteiger partial charge in [0, 0.05) is 20.2 Å². The summed E-state index contributed by atoms with van der Waals surface area (Å²) in [4.78, 5) is 0.357. The van der Waals surface area contributed by atoms with Crippen LogP contribution in [0.25, 0.3) is 0 Å². The van der Waals surface area contributed by atoms with E-state index in [1.807, 2.05) is 12.1 Å². The molecule has 1 saturated heterocycles. The van der Waals surface area contributed by atoms with Gasteiger partial charge in [-0.1, -0.05) is 12.1 Å². The summed E-state index contributed by atoms with van der Waals surface area (Å²) in [7, 11) is -1.78. The standard InChI is InChI=1S/C15H24N2O3S/c1-20-14-5-3-11-17(12-14)21(18,19)15-8-6-13(7-9-15)4-2-10-16/h6-9,14H,2-5,10-12,16H2,1H3. The van der Waals surface area contributed by atoms with E-state index in [0.717, 1.165) is 31.2 Å². The van der Waals surface area contributed by atoms with Crippen molar-refractivity contribution >= 4 is 10.0 Å². The van der Waals surface area contributed by atoms with Crippen molar-refractivity contribution in [2.75, 3.05) is 26.7 Å². The molecule has 2 N–H and O–H groups in total. The minimum Gasteiger partial charge on any atom is -0.380 e. The smallest absolute Gasteiger partial charge is 0.243 e. The number of rotatable bonds is 6. The van der Waals surface area contributed by atoms with E-state index >= 15 is 0 Å². The quantitative estimate of drug-likeness (QED) is 0.861. The summed E-state index contributed by atoms with van der Waals surface area (Å²) in [5.74, 6) is 0. The molecule has 1 fully saturated rings. The van der Waals surface area contributed by atoms with E-state index in [0.29, 0.717) is 24.5 Å². The number of ether oxygens (including phenoxy) is 1. The van der Waals surface area contributed by atoms with Crippen LogP contribution in [0.15, 0.2) is 29.2 Å². The van der Waals surface area contributed by atoms with Crippen LogP contribution < -0.4 is 5.73 Å². The van der Waals surface area contributed by atoms with Gasteiger partial charge < -0.3 is 10.5 Å². The van der Waals surface area contributed by atoms with E-state index in [2.05, 4.69) is 0 Å². The van der Waals surface area contributed by atoms with Crippen molar-refractivity contribution in [3.63, 3.8) is 0 Å². The fourth-order valence-electron chi connectivity index (χ4n) is 2.60. The highest BCUT2D eigenvalue weighted by atomic mass is 32.2. The Labute approximate surface area is 127 Å². The topological polar surface area (TPSA) is 72.6 Å². The van der Waals surface area contributed by atoms with Gasteiger partial charge in [-0.3, -0.25) is 0 Å². The minimum absolute atomic E-state index is 0.00245. The Morgan fingerprint density at radius 3 is 2.67 bits per heavy atom. The minimum atomic E-state index is -3.41. The van der Waals surface area contributed by atoms with Crippen molar-refractivity contribution < 1.29 is 13.2 Å². The molecule has 5 nitrogen and oxygen atoms in total. The zero-order chi connectivity index (χ0) is 15.3. The zero-order valence-electron chi connectivity index (χ0n) is 12.5. The number of piperidine rings is 1. The van der Waals surface area contributed by atoms with E-state index in [9.17, 15) is 8.42 Å². The number of sulfonamides is 1. The Morgan fingerprint density at radius 2 is 2.05 bits per heavy atom. The van der Waals surface area contributed by atoms with Crippen LogP contribution in [0, 0.1) is 0 Å². The number of methoxy groups -OCH3 is 1. The van der Waals surface area contributed by atoms with Crippen LogP contribution in [-0.2, 0) is 21.2 Å². The highest BCUT2D eigenvalue weighted by molar-refractivity contribution is 7.89. The summed E-state index contributed by atoms with van der Waals surface area (Å²) in [5, 5.41) is 0. The SMILES string of the molecule is COC1CCCN(S(=O)(=O)c2ccc(CCCN)cc2)C1. The maximum atomic E-state index is 12.6. The van der Waals surface area contributed by atoms with Crippen LogP contribution in [0.4, 0.5) is 0 Å². The van der Waals surface area contributed by atoms with E-state index in [1.54, 1.807) is 19.2 Å². The second-order valence-electron chi connectivity index (χ2n) is 5.40. The molecular formula is C15H24N2O3S. The molecule has 0 spiro atoms. The predicted molar refractivity (Wildman–Crippen MR) is 82.6 cm³/mol. The zero-order valence-corrected chi connectivity index (χ0v) is 13.3. The van der Waals surface area contributed by atoms with Crippen LogP contribution in [0.1, 0.15) is 24.8 Å². The Balaban J connectivity index is 2.11. The van der Waals surface area contributed by atoms with Crippen molar-refractivity contribution in [2.24, 2.45) is 5.73 Å². The van der Waals surface area contributed by atoms with Gasteiger partial charge >= 0.3 is 0 Å². The third-order valence-corrected chi connectivity index (χ3v) is 5.78. The molecule has 6 heteroatoms. The first kappa shape index (κ1) is 16.4. The van der Waals surface area contributed by atoms with Crippen molar-refractivity contribution in [3.05, 3.63) is 29.8 Å².